The van der Waals surface area contributed by atoms with Crippen LogP contribution in [0.4, 0.5) is 0 Å². The molecule has 4 heteroatoms. The highest BCUT2D eigenvalue weighted by atomic mass is 16.5. The minimum absolute atomic E-state index is 0.525. The zero-order valence-electron chi connectivity index (χ0n) is 9.58. The third-order valence-corrected chi connectivity index (χ3v) is 2.04. The Balaban J connectivity index is 2.20. The molecule has 1 aromatic rings. The van der Waals surface area contributed by atoms with Crippen molar-refractivity contribution in [1.29, 1.82) is 0 Å². The van der Waals surface area contributed by atoms with Crippen LogP contribution < -0.4 is 5.32 Å². The zero-order valence-corrected chi connectivity index (χ0v) is 9.58. The quantitative estimate of drug-likeness (QED) is 0.667. The van der Waals surface area contributed by atoms with Crippen LogP contribution in [0, 0.1) is 0 Å². The number of aryl methyl sites for hydroxylation is 1. The zero-order chi connectivity index (χ0) is 10.9. The molecule has 86 valence electrons. The van der Waals surface area contributed by atoms with E-state index in [0.29, 0.717) is 13.2 Å². The van der Waals surface area contributed by atoms with Crippen molar-refractivity contribution < 1.29 is 9.15 Å². The molecule has 0 aliphatic rings. The summed E-state index contributed by atoms with van der Waals surface area (Å²) in [5.74, 6) is 1.62. The van der Waals surface area contributed by atoms with Gasteiger partial charge in [0.2, 0.25) is 0 Å². The van der Waals surface area contributed by atoms with Gasteiger partial charge in [-0.15, -0.1) is 0 Å². The summed E-state index contributed by atoms with van der Waals surface area (Å²) in [6.07, 6.45) is 3.69. The lowest BCUT2D eigenvalue weighted by Gasteiger charge is -1.98. The number of nitrogens with one attached hydrogen (secondary N) is 1. The monoisotopic (exact) mass is 212 g/mol. The van der Waals surface area contributed by atoms with Gasteiger partial charge >= 0.3 is 0 Å². The molecule has 1 rings (SSSR count). The van der Waals surface area contributed by atoms with Gasteiger partial charge in [0.15, 0.2) is 5.89 Å². The molecule has 0 fully saturated rings. The van der Waals surface area contributed by atoms with Crippen molar-refractivity contribution in [2.24, 2.45) is 0 Å². The lowest BCUT2D eigenvalue weighted by Crippen LogP contribution is -2.14. The summed E-state index contributed by atoms with van der Waals surface area (Å²) in [6.45, 7) is 7.33. The van der Waals surface area contributed by atoms with Crippen molar-refractivity contribution in [3.63, 3.8) is 0 Å². The number of ether oxygens (including phenoxy) is 1. The third kappa shape index (κ3) is 4.95. The van der Waals surface area contributed by atoms with Crippen molar-refractivity contribution in [3.8, 4) is 0 Å². The smallest absolute Gasteiger partial charge is 0.194 e. The summed E-state index contributed by atoms with van der Waals surface area (Å²) in [4.78, 5) is 4.19. The number of rotatable bonds is 8. The molecule has 0 aliphatic heterocycles. The Morgan fingerprint density at radius 2 is 2.33 bits per heavy atom. The molecule has 0 amide bonds. The maximum atomic E-state index is 5.50. The highest BCUT2D eigenvalue weighted by Crippen LogP contribution is 2.06. The fourth-order valence-corrected chi connectivity index (χ4v) is 1.27. The first-order chi connectivity index (χ1) is 7.36. The molecule has 0 aliphatic carbocycles. The van der Waals surface area contributed by atoms with Crippen LogP contribution >= 0.6 is 0 Å². The summed E-state index contributed by atoms with van der Waals surface area (Å²) in [7, 11) is 0. The highest BCUT2D eigenvalue weighted by Gasteiger charge is 2.03. The number of hydrogen-bond acceptors (Lipinski definition) is 4. The third-order valence-electron chi connectivity index (χ3n) is 2.04. The molecular formula is C11H20N2O2. The Kier molecular flexibility index (Phi) is 6.04. The average molecular weight is 212 g/mol. The van der Waals surface area contributed by atoms with Gasteiger partial charge in [-0.2, -0.15) is 0 Å². The molecule has 0 aromatic carbocycles. The Morgan fingerprint density at radius 3 is 3.07 bits per heavy atom. The summed E-state index contributed by atoms with van der Waals surface area (Å²) in [5.41, 5.74) is 0. The summed E-state index contributed by atoms with van der Waals surface area (Å²) in [6, 6.07) is 0. The lowest BCUT2D eigenvalue weighted by molar-refractivity contribution is 0.117. The molecular weight excluding hydrogens is 192 g/mol. The van der Waals surface area contributed by atoms with Crippen molar-refractivity contribution in [1.82, 2.24) is 10.3 Å². The molecule has 4 nitrogen and oxygen atoms in total. The molecule has 0 saturated heterocycles. The number of aromatic nitrogens is 1. The second-order valence-electron chi connectivity index (χ2n) is 3.31. The van der Waals surface area contributed by atoms with Crippen LogP contribution in [0.3, 0.4) is 0 Å². The largest absolute Gasteiger partial charge is 0.443 e. The Hall–Kier alpha value is -0.870. The average Bonchev–Trinajstić information content (AvgIpc) is 2.69. The van der Waals surface area contributed by atoms with Gasteiger partial charge in [0.1, 0.15) is 12.4 Å². The number of hydrogen-bond donors (Lipinski definition) is 1. The van der Waals surface area contributed by atoms with Crippen LogP contribution in [-0.2, 0) is 17.8 Å². The van der Waals surface area contributed by atoms with Crippen LogP contribution in [0.15, 0.2) is 10.6 Å². The van der Waals surface area contributed by atoms with Crippen LogP contribution in [0.2, 0.25) is 0 Å². The van der Waals surface area contributed by atoms with Gasteiger partial charge in [-0.3, -0.25) is 0 Å². The first-order valence-electron chi connectivity index (χ1n) is 5.58. The second kappa shape index (κ2) is 7.43. The molecule has 1 N–H and O–H groups in total. The van der Waals surface area contributed by atoms with Crippen LogP contribution in [0.5, 0.6) is 0 Å². The molecule has 0 saturated carbocycles. The normalized spacial score (nSPS) is 10.8. The minimum Gasteiger partial charge on any atom is -0.443 e. The maximum absolute atomic E-state index is 5.50. The number of nitrogens with zero attached hydrogens (tertiary/aromatic N) is 1. The first-order valence-corrected chi connectivity index (χ1v) is 5.58. The second-order valence-corrected chi connectivity index (χ2v) is 3.31. The highest BCUT2D eigenvalue weighted by molar-refractivity contribution is 4.92. The molecule has 1 aromatic heterocycles. The predicted octanol–water partition coefficient (Wildman–Crippen LogP) is 1.75. The SMILES string of the molecule is CCNCCCc1ncc(COCC)o1. The minimum atomic E-state index is 0.525. The fraction of sp³-hybridized carbons (Fsp3) is 0.727. The van der Waals surface area contributed by atoms with E-state index in [-0.39, 0.29) is 0 Å². The van der Waals surface area contributed by atoms with Crippen LogP contribution in [0.1, 0.15) is 31.9 Å². The maximum Gasteiger partial charge on any atom is 0.194 e. The lowest BCUT2D eigenvalue weighted by atomic mass is 10.3. The Morgan fingerprint density at radius 1 is 1.47 bits per heavy atom. The van der Waals surface area contributed by atoms with Gasteiger partial charge in [0, 0.05) is 13.0 Å². The van der Waals surface area contributed by atoms with E-state index in [1.54, 1.807) is 6.20 Å². The van der Waals surface area contributed by atoms with Crippen molar-refractivity contribution >= 4 is 0 Å². The van der Waals surface area contributed by atoms with E-state index in [0.717, 1.165) is 37.6 Å². The molecule has 0 bridgehead atoms. The summed E-state index contributed by atoms with van der Waals surface area (Å²) < 4.78 is 10.7. The van der Waals surface area contributed by atoms with Gasteiger partial charge in [-0.05, 0) is 26.4 Å². The van der Waals surface area contributed by atoms with Crippen molar-refractivity contribution in [3.05, 3.63) is 17.8 Å². The van der Waals surface area contributed by atoms with E-state index in [1.165, 1.54) is 0 Å². The summed E-state index contributed by atoms with van der Waals surface area (Å²) in [5, 5.41) is 3.27. The van der Waals surface area contributed by atoms with Gasteiger partial charge in [-0.1, -0.05) is 6.92 Å². The van der Waals surface area contributed by atoms with Crippen molar-refractivity contribution in [2.75, 3.05) is 19.7 Å². The van der Waals surface area contributed by atoms with E-state index in [4.69, 9.17) is 9.15 Å². The topological polar surface area (TPSA) is 47.3 Å². The van der Waals surface area contributed by atoms with E-state index in [2.05, 4.69) is 17.2 Å². The molecule has 0 spiro atoms. The molecule has 1 heterocycles. The Bertz CT molecular complexity index is 261. The van der Waals surface area contributed by atoms with Gasteiger partial charge in [-0.25, -0.2) is 4.98 Å². The fourth-order valence-electron chi connectivity index (χ4n) is 1.27. The standard InChI is InChI=1S/C11H20N2O2/c1-3-12-7-5-6-11-13-8-10(15-11)9-14-4-2/h8,12H,3-7,9H2,1-2H3. The number of oxazole rings is 1. The van der Waals surface area contributed by atoms with Crippen LogP contribution in [0.25, 0.3) is 0 Å². The molecule has 0 unspecified atom stereocenters. The van der Waals surface area contributed by atoms with E-state index >= 15 is 0 Å². The van der Waals surface area contributed by atoms with Gasteiger partial charge in [0.25, 0.3) is 0 Å². The van der Waals surface area contributed by atoms with Crippen molar-refractivity contribution in [2.45, 2.75) is 33.3 Å². The summed E-state index contributed by atoms with van der Waals surface area (Å²) >= 11 is 0. The molecule has 15 heavy (non-hydrogen) atoms. The van der Waals surface area contributed by atoms with E-state index < -0.39 is 0 Å². The van der Waals surface area contributed by atoms with Gasteiger partial charge in [0.05, 0.1) is 6.20 Å². The van der Waals surface area contributed by atoms with E-state index in [9.17, 15) is 0 Å². The Labute approximate surface area is 91.0 Å². The van der Waals surface area contributed by atoms with Crippen LogP contribution in [-0.4, -0.2) is 24.7 Å². The molecule has 0 atom stereocenters. The first kappa shape index (κ1) is 12.2. The van der Waals surface area contributed by atoms with Gasteiger partial charge < -0.3 is 14.5 Å². The predicted molar refractivity (Wildman–Crippen MR) is 58.7 cm³/mol. The molecule has 0 radical (unpaired) electrons. The van der Waals surface area contributed by atoms with E-state index in [1.807, 2.05) is 6.92 Å².